The van der Waals surface area contributed by atoms with Gasteiger partial charge in [0.1, 0.15) is 24.1 Å². The quantitative estimate of drug-likeness (QED) is 0.524. The molecule has 30 heavy (non-hydrogen) atoms. The summed E-state index contributed by atoms with van der Waals surface area (Å²) < 4.78 is 54.4. The summed E-state index contributed by atoms with van der Waals surface area (Å²) in [6, 6.07) is 6.76. The number of carbonyl (C=O) groups excluding carboxylic acids is 1. The molecule has 4 rings (SSSR count). The number of aliphatic hydroxyl groups is 1. The van der Waals surface area contributed by atoms with E-state index in [0.29, 0.717) is 35.0 Å². The number of H-pyrrole nitrogens is 1. The molecule has 158 valence electrons. The highest BCUT2D eigenvalue weighted by Gasteiger charge is 2.39. The molecule has 1 aromatic heterocycles. The highest BCUT2D eigenvalue weighted by atomic mass is 19.1. The van der Waals surface area contributed by atoms with Gasteiger partial charge in [-0.2, -0.15) is 0 Å². The fraction of sp³-hybridized carbons (Fsp3) is 0.318. The van der Waals surface area contributed by atoms with Crippen LogP contribution in [0.4, 0.5) is 17.6 Å². The van der Waals surface area contributed by atoms with E-state index in [4.69, 9.17) is 5.11 Å². The molecule has 0 bridgehead atoms. The van der Waals surface area contributed by atoms with E-state index < -0.39 is 36.8 Å². The van der Waals surface area contributed by atoms with E-state index in [9.17, 15) is 22.4 Å². The van der Waals surface area contributed by atoms with E-state index in [1.54, 1.807) is 12.1 Å². The minimum Gasteiger partial charge on any atom is -0.394 e. The van der Waals surface area contributed by atoms with Crippen molar-refractivity contribution in [1.82, 2.24) is 10.3 Å². The molecule has 1 saturated carbocycles. The van der Waals surface area contributed by atoms with Gasteiger partial charge >= 0.3 is 0 Å². The number of aliphatic hydroxyl groups excluding tert-OH is 1. The maximum Gasteiger partial charge on any atom is 0.223 e. The van der Waals surface area contributed by atoms with Crippen molar-refractivity contribution in [2.45, 2.75) is 24.8 Å². The third-order valence-corrected chi connectivity index (χ3v) is 5.67. The largest absolute Gasteiger partial charge is 0.394 e. The Morgan fingerprint density at radius 2 is 1.83 bits per heavy atom. The zero-order valence-electron chi connectivity index (χ0n) is 15.9. The normalized spacial score (nSPS) is 19.5. The van der Waals surface area contributed by atoms with Crippen molar-refractivity contribution in [1.29, 1.82) is 0 Å². The Hall–Kier alpha value is -2.87. The van der Waals surface area contributed by atoms with E-state index in [-0.39, 0.29) is 23.3 Å². The number of aromatic amines is 1. The molecule has 1 amide bonds. The van der Waals surface area contributed by atoms with Crippen molar-refractivity contribution in [3.8, 4) is 11.3 Å². The molecule has 0 spiro atoms. The van der Waals surface area contributed by atoms with Crippen LogP contribution in [0, 0.1) is 23.4 Å². The standard InChI is InChI=1S/C22H20F4N2O2/c23-9-16(10-29)27-22(30)13-5-12(6-13)19-17-7-15(25)8-18(26)21(17)28-20(19)11-1-3-14(24)4-2-11/h1-4,7-8,12-13,16,28-29H,5-6,9-10H2,(H,27,30). The van der Waals surface area contributed by atoms with Crippen LogP contribution in [-0.4, -0.2) is 35.3 Å². The summed E-state index contributed by atoms with van der Waals surface area (Å²) in [6.45, 7) is -1.36. The molecule has 1 fully saturated rings. The number of benzene rings is 2. The van der Waals surface area contributed by atoms with Gasteiger partial charge in [-0.3, -0.25) is 4.79 Å². The number of carbonyl (C=O) groups is 1. The maximum atomic E-state index is 14.4. The Balaban J connectivity index is 1.67. The zero-order valence-corrected chi connectivity index (χ0v) is 15.9. The summed E-state index contributed by atoms with van der Waals surface area (Å²) in [6.07, 6.45) is 0.825. The first-order valence-corrected chi connectivity index (χ1v) is 9.65. The molecule has 3 aromatic rings. The average Bonchev–Trinajstić information content (AvgIpc) is 3.05. The van der Waals surface area contributed by atoms with Gasteiger partial charge in [0.2, 0.25) is 5.91 Å². The third kappa shape index (κ3) is 3.67. The number of hydrogen-bond donors (Lipinski definition) is 3. The average molecular weight is 420 g/mol. The third-order valence-electron chi connectivity index (χ3n) is 5.67. The van der Waals surface area contributed by atoms with Crippen molar-refractivity contribution < 1.29 is 27.5 Å². The fourth-order valence-electron chi connectivity index (χ4n) is 4.03. The monoisotopic (exact) mass is 420 g/mol. The smallest absolute Gasteiger partial charge is 0.223 e. The molecule has 1 unspecified atom stereocenters. The molecular weight excluding hydrogens is 400 g/mol. The molecule has 8 heteroatoms. The second-order valence-electron chi connectivity index (χ2n) is 7.64. The van der Waals surface area contributed by atoms with Crippen molar-refractivity contribution >= 4 is 16.8 Å². The number of hydrogen-bond acceptors (Lipinski definition) is 2. The highest BCUT2D eigenvalue weighted by molar-refractivity contribution is 5.92. The van der Waals surface area contributed by atoms with Gasteiger partial charge in [0.05, 0.1) is 23.9 Å². The van der Waals surface area contributed by atoms with Gasteiger partial charge in [0, 0.05) is 17.4 Å². The van der Waals surface area contributed by atoms with Crippen molar-refractivity contribution in [2.24, 2.45) is 5.92 Å². The fourth-order valence-corrected chi connectivity index (χ4v) is 4.03. The zero-order chi connectivity index (χ0) is 21.4. The molecule has 0 aliphatic heterocycles. The Morgan fingerprint density at radius 1 is 1.13 bits per heavy atom. The molecule has 3 N–H and O–H groups in total. The highest BCUT2D eigenvalue weighted by Crippen LogP contribution is 2.48. The number of amides is 1. The topological polar surface area (TPSA) is 65.1 Å². The maximum absolute atomic E-state index is 14.4. The SMILES string of the molecule is O=C(NC(CO)CF)C1CC(c2c(-c3ccc(F)cc3)[nH]c3c(F)cc(F)cc23)C1. The van der Waals surface area contributed by atoms with Gasteiger partial charge < -0.3 is 15.4 Å². The predicted octanol–water partition coefficient (Wildman–Crippen LogP) is 4.19. The van der Waals surface area contributed by atoms with Gasteiger partial charge in [-0.15, -0.1) is 0 Å². The minimum atomic E-state index is -0.942. The molecule has 2 aromatic carbocycles. The Kier molecular flexibility index (Phi) is 5.51. The lowest BCUT2D eigenvalue weighted by molar-refractivity contribution is -0.129. The molecule has 1 heterocycles. The summed E-state index contributed by atoms with van der Waals surface area (Å²) in [5.41, 5.74) is 1.99. The first-order chi connectivity index (χ1) is 14.4. The van der Waals surface area contributed by atoms with E-state index in [2.05, 4.69) is 10.3 Å². The summed E-state index contributed by atoms with van der Waals surface area (Å²) >= 11 is 0. The van der Waals surface area contributed by atoms with Crippen LogP contribution in [0.5, 0.6) is 0 Å². The summed E-state index contributed by atoms with van der Waals surface area (Å²) in [7, 11) is 0. The van der Waals surface area contributed by atoms with Crippen LogP contribution >= 0.6 is 0 Å². The van der Waals surface area contributed by atoms with Gasteiger partial charge in [0.15, 0.2) is 0 Å². The van der Waals surface area contributed by atoms with Crippen LogP contribution in [0.2, 0.25) is 0 Å². The second-order valence-corrected chi connectivity index (χ2v) is 7.64. The van der Waals surface area contributed by atoms with E-state index in [1.807, 2.05) is 0 Å². The number of alkyl halides is 1. The Bertz CT molecular complexity index is 1070. The van der Waals surface area contributed by atoms with Crippen LogP contribution in [0.1, 0.15) is 24.3 Å². The first kappa shape index (κ1) is 20.4. The second kappa shape index (κ2) is 8.10. The van der Waals surface area contributed by atoms with Gasteiger partial charge in [-0.05, 0) is 60.2 Å². The summed E-state index contributed by atoms with van der Waals surface area (Å²) in [5.74, 6) is -2.77. The molecule has 1 aliphatic carbocycles. The predicted molar refractivity (Wildman–Crippen MR) is 104 cm³/mol. The lowest BCUT2D eigenvalue weighted by Gasteiger charge is -2.35. The number of rotatable bonds is 6. The van der Waals surface area contributed by atoms with Crippen molar-refractivity contribution in [2.75, 3.05) is 13.3 Å². The lowest BCUT2D eigenvalue weighted by Crippen LogP contribution is -2.45. The van der Waals surface area contributed by atoms with Crippen LogP contribution in [0.25, 0.3) is 22.2 Å². The Morgan fingerprint density at radius 3 is 2.47 bits per heavy atom. The van der Waals surface area contributed by atoms with E-state index in [0.717, 1.165) is 6.07 Å². The lowest BCUT2D eigenvalue weighted by atomic mass is 9.69. The summed E-state index contributed by atoms with van der Waals surface area (Å²) in [4.78, 5) is 15.3. The molecule has 4 nitrogen and oxygen atoms in total. The first-order valence-electron chi connectivity index (χ1n) is 9.65. The number of aromatic nitrogens is 1. The van der Waals surface area contributed by atoms with E-state index >= 15 is 0 Å². The number of nitrogens with one attached hydrogen (secondary N) is 2. The van der Waals surface area contributed by atoms with Crippen molar-refractivity contribution in [3.63, 3.8) is 0 Å². The molecule has 0 saturated heterocycles. The van der Waals surface area contributed by atoms with Gasteiger partial charge in [-0.1, -0.05) is 0 Å². The number of halogens is 4. The minimum absolute atomic E-state index is 0.149. The van der Waals surface area contributed by atoms with Crippen molar-refractivity contribution in [3.05, 3.63) is 59.4 Å². The molecule has 1 aliphatic rings. The van der Waals surface area contributed by atoms with Crippen LogP contribution in [0.3, 0.4) is 0 Å². The molecule has 0 radical (unpaired) electrons. The van der Waals surface area contributed by atoms with Crippen LogP contribution < -0.4 is 5.32 Å². The van der Waals surface area contributed by atoms with Crippen LogP contribution in [0.15, 0.2) is 36.4 Å². The summed E-state index contributed by atoms with van der Waals surface area (Å²) in [5, 5.41) is 11.9. The van der Waals surface area contributed by atoms with Gasteiger partial charge in [0.25, 0.3) is 0 Å². The number of fused-ring (bicyclic) bond motifs is 1. The Labute approximate surface area is 169 Å². The van der Waals surface area contributed by atoms with Crippen LogP contribution in [-0.2, 0) is 4.79 Å². The molecular formula is C22H20F4N2O2. The van der Waals surface area contributed by atoms with E-state index in [1.165, 1.54) is 18.2 Å². The van der Waals surface area contributed by atoms with Gasteiger partial charge in [-0.25, -0.2) is 17.6 Å². The molecule has 1 atom stereocenters.